The molecule has 2 rings (SSSR count). The predicted octanol–water partition coefficient (Wildman–Crippen LogP) is 1.67. The summed E-state index contributed by atoms with van der Waals surface area (Å²) in [6.07, 6.45) is 0. The molecule has 0 radical (unpaired) electrons. The molecule has 4 nitrogen and oxygen atoms in total. The van der Waals surface area contributed by atoms with Crippen LogP contribution in [0, 0.1) is 5.92 Å². The van der Waals surface area contributed by atoms with Gasteiger partial charge in [0.15, 0.2) is 0 Å². The maximum Gasteiger partial charge on any atom is 0.116 e. The summed E-state index contributed by atoms with van der Waals surface area (Å²) in [4.78, 5) is 0. The van der Waals surface area contributed by atoms with Gasteiger partial charge in [0.2, 0.25) is 0 Å². The minimum Gasteiger partial charge on any atom is -0.330 e. The van der Waals surface area contributed by atoms with Crippen LogP contribution in [0.4, 0.5) is 0 Å². The molecule has 2 aromatic rings. The lowest BCUT2D eigenvalue weighted by Crippen LogP contribution is -2.18. The monoisotopic (exact) mass is 218 g/mol. The average Bonchev–Trinajstić information content (AvgIpc) is 2.62. The van der Waals surface area contributed by atoms with E-state index < -0.39 is 0 Å². The van der Waals surface area contributed by atoms with Crippen molar-refractivity contribution in [1.29, 1.82) is 0 Å². The van der Waals surface area contributed by atoms with Crippen LogP contribution >= 0.6 is 0 Å². The molecule has 0 fully saturated rings. The van der Waals surface area contributed by atoms with Crippen molar-refractivity contribution in [1.82, 2.24) is 15.0 Å². The Morgan fingerprint density at radius 2 is 2.12 bits per heavy atom. The van der Waals surface area contributed by atoms with Gasteiger partial charge in [0, 0.05) is 13.0 Å². The van der Waals surface area contributed by atoms with Crippen molar-refractivity contribution < 1.29 is 0 Å². The van der Waals surface area contributed by atoms with E-state index in [1.807, 2.05) is 19.2 Å². The highest BCUT2D eigenvalue weighted by Crippen LogP contribution is 2.28. The van der Waals surface area contributed by atoms with Crippen molar-refractivity contribution in [3.63, 3.8) is 0 Å². The Hall–Kier alpha value is -1.42. The van der Waals surface area contributed by atoms with E-state index in [0.29, 0.717) is 18.4 Å². The van der Waals surface area contributed by atoms with Crippen LogP contribution in [0.5, 0.6) is 0 Å². The highest BCUT2D eigenvalue weighted by atomic mass is 15.4. The first-order valence-corrected chi connectivity index (χ1v) is 5.63. The average molecular weight is 218 g/mol. The van der Waals surface area contributed by atoms with E-state index in [9.17, 15) is 0 Å². The smallest absolute Gasteiger partial charge is 0.116 e. The third-order valence-corrected chi connectivity index (χ3v) is 3.13. The van der Waals surface area contributed by atoms with Crippen molar-refractivity contribution in [2.24, 2.45) is 18.7 Å². The molecule has 1 unspecified atom stereocenters. The SMILES string of the molecule is CC(C)C(CN)c1cccc2c1nnn2C. The van der Waals surface area contributed by atoms with Crippen molar-refractivity contribution in [3.8, 4) is 0 Å². The molecule has 0 aliphatic heterocycles. The molecule has 0 aliphatic rings. The number of aromatic nitrogens is 3. The highest BCUT2D eigenvalue weighted by molar-refractivity contribution is 5.78. The molecule has 4 heteroatoms. The van der Waals surface area contributed by atoms with Gasteiger partial charge in [-0.25, -0.2) is 4.68 Å². The summed E-state index contributed by atoms with van der Waals surface area (Å²) in [5.41, 5.74) is 9.11. The third kappa shape index (κ3) is 1.69. The summed E-state index contributed by atoms with van der Waals surface area (Å²) in [7, 11) is 1.91. The molecule has 1 atom stereocenters. The number of nitrogens with zero attached hydrogens (tertiary/aromatic N) is 3. The number of nitrogens with two attached hydrogens (primary N) is 1. The van der Waals surface area contributed by atoms with Gasteiger partial charge < -0.3 is 5.73 Å². The fourth-order valence-electron chi connectivity index (χ4n) is 2.14. The van der Waals surface area contributed by atoms with E-state index >= 15 is 0 Å². The number of aryl methyl sites for hydroxylation is 1. The van der Waals surface area contributed by atoms with Crippen LogP contribution in [0.3, 0.4) is 0 Å². The van der Waals surface area contributed by atoms with Crippen LogP contribution < -0.4 is 5.73 Å². The van der Waals surface area contributed by atoms with Crippen LogP contribution in [0.25, 0.3) is 11.0 Å². The minimum atomic E-state index is 0.348. The second-order valence-corrected chi connectivity index (χ2v) is 4.51. The normalized spacial score (nSPS) is 13.6. The van der Waals surface area contributed by atoms with Crippen LogP contribution in [-0.2, 0) is 7.05 Å². The van der Waals surface area contributed by atoms with Gasteiger partial charge >= 0.3 is 0 Å². The van der Waals surface area contributed by atoms with Crippen molar-refractivity contribution >= 4 is 11.0 Å². The lowest BCUT2D eigenvalue weighted by molar-refractivity contribution is 0.508. The maximum atomic E-state index is 5.85. The Kier molecular flexibility index (Phi) is 2.92. The standard InChI is InChI=1S/C12H18N4/c1-8(2)10(7-13)9-5-4-6-11-12(9)14-15-16(11)3/h4-6,8,10H,7,13H2,1-3H3. The summed E-state index contributed by atoms with van der Waals surface area (Å²) in [6.45, 7) is 5.02. The first kappa shape index (κ1) is 11.1. The lowest BCUT2D eigenvalue weighted by Gasteiger charge is -2.19. The molecule has 16 heavy (non-hydrogen) atoms. The summed E-state index contributed by atoms with van der Waals surface area (Å²) < 4.78 is 1.80. The van der Waals surface area contributed by atoms with Crippen molar-refractivity contribution in [2.45, 2.75) is 19.8 Å². The number of hydrogen-bond acceptors (Lipinski definition) is 3. The zero-order valence-electron chi connectivity index (χ0n) is 10.0. The molecule has 0 saturated carbocycles. The second kappa shape index (κ2) is 4.22. The fraction of sp³-hybridized carbons (Fsp3) is 0.500. The Morgan fingerprint density at radius 3 is 2.75 bits per heavy atom. The minimum absolute atomic E-state index is 0.348. The lowest BCUT2D eigenvalue weighted by atomic mass is 9.88. The number of fused-ring (bicyclic) bond motifs is 1. The first-order chi connectivity index (χ1) is 7.65. The fourth-order valence-corrected chi connectivity index (χ4v) is 2.14. The van der Waals surface area contributed by atoms with Gasteiger partial charge in [0.1, 0.15) is 5.52 Å². The van der Waals surface area contributed by atoms with Crippen LogP contribution in [0.2, 0.25) is 0 Å². The number of rotatable bonds is 3. The van der Waals surface area contributed by atoms with Crippen molar-refractivity contribution in [2.75, 3.05) is 6.54 Å². The zero-order chi connectivity index (χ0) is 11.7. The molecule has 86 valence electrons. The van der Waals surface area contributed by atoms with Crippen LogP contribution in [0.15, 0.2) is 18.2 Å². The summed E-state index contributed by atoms with van der Waals surface area (Å²) in [5, 5.41) is 8.29. The van der Waals surface area contributed by atoms with Crippen LogP contribution in [0.1, 0.15) is 25.3 Å². The molecular weight excluding hydrogens is 200 g/mol. The Labute approximate surface area is 95.4 Å². The van der Waals surface area contributed by atoms with Crippen LogP contribution in [-0.4, -0.2) is 21.5 Å². The molecule has 0 spiro atoms. The highest BCUT2D eigenvalue weighted by Gasteiger charge is 2.18. The molecule has 1 aromatic carbocycles. The number of benzene rings is 1. The van der Waals surface area contributed by atoms with Gasteiger partial charge in [-0.15, -0.1) is 5.10 Å². The second-order valence-electron chi connectivity index (χ2n) is 4.51. The predicted molar refractivity (Wildman–Crippen MR) is 65.1 cm³/mol. The molecule has 0 saturated heterocycles. The van der Waals surface area contributed by atoms with Gasteiger partial charge in [0.25, 0.3) is 0 Å². The largest absolute Gasteiger partial charge is 0.330 e. The Balaban J connectivity index is 2.59. The van der Waals surface area contributed by atoms with E-state index in [1.165, 1.54) is 5.56 Å². The molecule has 1 heterocycles. The Bertz CT molecular complexity index is 487. The number of hydrogen-bond donors (Lipinski definition) is 1. The Morgan fingerprint density at radius 1 is 1.38 bits per heavy atom. The van der Waals surface area contributed by atoms with Gasteiger partial charge in [-0.05, 0) is 24.1 Å². The molecule has 0 bridgehead atoms. The third-order valence-electron chi connectivity index (χ3n) is 3.13. The van der Waals surface area contributed by atoms with Gasteiger partial charge in [-0.1, -0.05) is 31.2 Å². The van der Waals surface area contributed by atoms with E-state index in [4.69, 9.17) is 5.73 Å². The summed E-state index contributed by atoms with van der Waals surface area (Å²) in [6, 6.07) is 6.19. The van der Waals surface area contributed by atoms with E-state index in [2.05, 4.69) is 30.2 Å². The molecular formula is C12H18N4. The van der Waals surface area contributed by atoms with E-state index in [0.717, 1.165) is 11.0 Å². The molecule has 1 aromatic heterocycles. The van der Waals surface area contributed by atoms with E-state index in [-0.39, 0.29) is 0 Å². The summed E-state index contributed by atoms with van der Waals surface area (Å²) >= 11 is 0. The van der Waals surface area contributed by atoms with Gasteiger partial charge in [-0.3, -0.25) is 0 Å². The molecule has 2 N–H and O–H groups in total. The van der Waals surface area contributed by atoms with Crippen molar-refractivity contribution in [3.05, 3.63) is 23.8 Å². The zero-order valence-corrected chi connectivity index (χ0v) is 10.0. The van der Waals surface area contributed by atoms with Gasteiger partial charge in [-0.2, -0.15) is 0 Å². The quantitative estimate of drug-likeness (QED) is 0.852. The first-order valence-electron chi connectivity index (χ1n) is 5.63. The van der Waals surface area contributed by atoms with E-state index in [1.54, 1.807) is 4.68 Å². The molecule has 0 aliphatic carbocycles. The topological polar surface area (TPSA) is 56.7 Å². The molecule has 0 amide bonds. The maximum absolute atomic E-state index is 5.85. The summed E-state index contributed by atoms with van der Waals surface area (Å²) in [5.74, 6) is 0.859. The van der Waals surface area contributed by atoms with Gasteiger partial charge in [0.05, 0.1) is 5.52 Å².